The summed E-state index contributed by atoms with van der Waals surface area (Å²) in [6.45, 7) is 2.00. The molecule has 72 valence electrons. The van der Waals surface area contributed by atoms with Crippen LogP contribution in [0.5, 0.6) is 0 Å². The molecule has 0 aliphatic carbocycles. The van der Waals surface area contributed by atoms with E-state index in [9.17, 15) is 4.79 Å². The molecule has 0 bridgehead atoms. The van der Waals surface area contributed by atoms with Crippen molar-refractivity contribution in [3.8, 4) is 6.07 Å². The Morgan fingerprint density at radius 3 is 3.00 bits per heavy atom. The van der Waals surface area contributed by atoms with Gasteiger partial charge >= 0.3 is 5.97 Å². The number of hydrogen-bond donors (Lipinski definition) is 0. The van der Waals surface area contributed by atoms with Gasteiger partial charge in [0.1, 0.15) is 4.60 Å². The minimum atomic E-state index is -0.523. The number of nitriles is 1. The fraction of sp³-hybridized carbons (Fsp3) is 0.222. The topological polar surface area (TPSA) is 63.0 Å². The lowest BCUT2D eigenvalue weighted by Crippen LogP contribution is -2.07. The predicted molar refractivity (Wildman–Crippen MR) is 52.6 cm³/mol. The molecule has 0 aromatic carbocycles. The first-order valence-corrected chi connectivity index (χ1v) is 4.71. The van der Waals surface area contributed by atoms with Gasteiger partial charge in [0.15, 0.2) is 5.69 Å². The van der Waals surface area contributed by atoms with Crippen molar-refractivity contribution in [3.63, 3.8) is 0 Å². The Morgan fingerprint density at radius 1 is 1.71 bits per heavy atom. The Bertz CT molecular complexity index is 398. The van der Waals surface area contributed by atoms with E-state index in [0.29, 0.717) is 10.2 Å². The van der Waals surface area contributed by atoms with Gasteiger partial charge in [0.05, 0.1) is 18.2 Å². The molecule has 0 amide bonds. The molecule has 0 N–H and O–H groups in total. The van der Waals surface area contributed by atoms with Crippen LogP contribution in [0.1, 0.15) is 23.0 Å². The van der Waals surface area contributed by atoms with E-state index in [1.165, 1.54) is 12.1 Å². The van der Waals surface area contributed by atoms with Gasteiger partial charge in [0.2, 0.25) is 0 Å². The van der Waals surface area contributed by atoms with E-state index in [-0.39, 0.29) is 12.3 Å². The van der Waals surface area contributed by atoms with Crippen LogP contribution in [0.25, 0.3) is 0 Å². The first-order valence-electron chi connectivity index (χ1n) is 3.92. The van der Waals surface area contributed by atoms with Crippen LogP contribution in [-0.4, -0.2) is 17.6 Å². The predicted octanol–water partition coefficient (Wildman–Crippen LogP) is 1.89. The lowest BCUT2D eigenvalue weighted by Gasteiger charge is -2.01. The van der Waals surface area contributed by atoms with Crippen molar-refractivity contribution < 1.29 is 9.53 Å². The molecule has 1 aromatic heterocycles. The van der Waals surface area contributed by atoms with Crippen LogP contribution in [0.3, 0.4) is 0 Å². The van der Waals surface area contributed by atoms with Crippen LogP contribution < -0.4 is 0 Å². The Labute approximate surface area is 89.6 Å². The molecule has 0 fully saturated rings. The van der Waals surface area contributed by atoms with Crippen molar-refractivity contribution in [1.29, 1.82) is 5.26 Å². The fourth-order valence-corrected chi connectivity index (χ4v) is 1.31. The normalized spacial score (nSPS) is 9.21. The summed E-state index contributed by atoms with van der Waals surface area (Å²) in [6.07, 6.45) is 0. The van der Waals surface area contributed by atoms with E-state index >= 15 is 0 Å². The molecule has 0 aliphatic rings. The van der Waals surface area contributed by atoms with Crippen molar-refractivity contribution in [1.82, 2.24) is 4.98 Å². The molecule has 0 saturated carbocycles. The van der Waals surface area contributed by atoms with Gasteiger partial charge in [-0.25, -0.2) is 9.78 Å². The highest BCUT2D eigenvalue weighted by atomic mass is 79.9. The number of nitrogens with zero attached hydrogens (tertiary/aromatic N) is 2. The Morgan fingerprint density at radius 2 is 2.43 bits per heavy atom. The third-order valence-electron chi connectivity index (χ3n) is 1.41. The SMILES string of the molecule is CCOC(=O)c1cc(C#N)cc(Br)n1. The van der Waals surface area contributed by atoms with Gasteiger partial charge in [0.25, 0.3) is 0 Å². The van der Waals surface area contributed by atoms with Gasteiger partial charge in [-0.15, -0.1) is 0 Å². The maximum absolute atomic E-state index is 11.3. The monoisotopic (exact) mass is 254 g/mol. The zero-order valence-corrected chi connectivity index (χ0v) is 9.04. The summed E-state index contributed by atoms with van der Waals surface area (Å²) < 4.78 is 5.19. The third-order valence-corrected chi connectivity index (χ3v) is 1.81. The Balaban J connectivity index is 3.04. The quantitative estimate of drug-likeness (QED) is 0.598. The number of carbonyl (C=O) groups excluding carboxylic acids is 1. The van der Waals surface area contributed by atoms with E-state index in [0.717, 1.165) is 0 Å². The molecule has 14 heavy (non-hydrogen) atoms. The molecular weight excluding hydrogens is 248 g/mol. The zero-order chi connectivity index (χ0) is 10.6. The number of esters is 1. The third kappa shape index (κ3) is 2.54. The second-order valence-electron chi connectivity index (χ2n) is 2.40. The van der Waals surface area contributed by atoms with Gasteiger partial charge < -0.3 is 4.74 Å². The van der Waals surface area contributed by atoms with E-state index in [1.54, 1.807) is 6.92 Å². The van der Waals surface area contributed by atoms with Crippen LogP contribution in [0.4, 0.5) is 0 Å². The van der Waals surface area contributed by atoms with E-state index in [4.69, 9.17) is 10.00 Å². The molecule has 5 heteroatoms. The lowest BCUT2D eigenvalue weighted by molar-refractivity contribution is 0.0519. The maximum Gasteiger partial charge on any atom is 0.357 e. The summed E-state index contributed by atoms with van der Waals surface area (Å²) in [4.78, 5) is 15.1. The molecule has 1 aromatic rings. The second kappa shape index (κ2) is 4.72. The summed E-state index contributed by atoms with van der Waals surface area (Å²) >= 11 is 3.10. The largest absolute Gasteiger partial charge is 0.461 e. The smallest absolute Gasteiger partial charge is 0.357 e. The number of rotatable bonds is 2. The standard InChI is InChI=1S/C9H7BrN2O2/c1-2-14-9(13)7-3-6(5-11)4-8(10)12-7/h3-4H,2H2,1H3. The van der Waals surface area contributed by atoms with Crippen LogP contribution in [0, 0.1) is 11.3 Å². The van der Waals surface area contributed by atoms with Crippen LogP contribution >= 0.6 is 15.9 Å². The van der Waals surface area contributed by atoms with Crippen molar-refractivity contribution >= 4 is 21.9 Å². The van der Waals surface area contributed by atoms with Crippen molar-refractivity contribution in [2.75, 3.05) is 6.61 Å². The van der Waals surface area contributed by atoms with Gasteiger partial charge in [-0.05, 0) is 35.0 Å². The van der Waals surface area contributed by atoms with Gasteiger partial charge in [-0.1, -0.05) is 0 Å². The van der Waals surface area contributed by atoms with Gasteiger partial charge in [-0.2, -0.15) is 5.26 Å². The number of aromatic nitrogens is 1. The number of halogens is 1. The molecule has 1 heterocycles. The number of pyridine rings is 1. The van der Waals surface area contributed by atoms with E-state index < -0.39 is 5.97 Å². The minimum absolute atomic E-state index is 0.137. The second-order valence-corrected chi connectivity index (χ2v) is 3.21. The number of carbonyl (C=O) groups is 1. The highest BCUT2D eigenvalue weighted by molar-refractivity contribution is 9.10. The van der Waals surface area contributed by atoms with Crippen LogP contribution in [0.2, 0.25) is 0 Å². The molecule has 1 rings (SSSR count). The number of hydrogen-bond acceptors (Lipinski definition) is 4. The van der Waals surface area contributed by atoms with E-state index in [1.807, 2.05) is 6.07 Å². The first-order chi connectivity index (χ1) is 6.67. The number of ether oxygens (including phenoxy) is 1. The summed E-state index contributed by atoms with van der Waals surface area (Å²) in [5, 5.41) is 8.65. The molecule has 0 saturated heterocycles. The Kier molecular flexibility index (Phi) is 3.60. The molecule has 0 aliphatic heterocycles. The molecule has 0 radical (unpaired) electrons. The van der Waals surface area contributed by atoms with Crippen LogP contribution in [-0.2, 0) is 4.74 Å². The zero-order valence-electron chi connectivity index (χ0n) is 7.45. The van der Waals surface area contributed by atoms with E-state index in [2.05, 4.69) is 20.9 Å². The highest BCUT2D eigenvalue weighted by Gasteiger charge is 2.10. The highest BCUT2D eigenvalue weighted by Crippen LogP contribution is 2.11. The summed E-state index contributed by atoms with van der Waals surface area (Å²) in [5.41, 5.74) is 0.507. The average molecular weight is 255 g/mol. The van der Waals surface area contributed by atoms with Gasteiger partial charge in [0, 0.05) is 0 Å². The average Bonchev–Trinajstić information content (AvgIpc) is 2.17. The first kappa shape index (κ1) is 10.7. The molecular formula is C9H7BrN2O2. The van der Waals surface area contributed by atoms with Gasteiger partial charge in [-0.3, -0.25) is 0 Å². The van der Waals surface area contributed by atoms with Crippen molar-refractivity contribution in [3.05, 3.63) is 28.0 Å². The molecule has 0 unspecified atom stereocenters. The maximum atomic E-state index is 11.3. The summed E-state index contributed by atoms with van der Waals surface area (Å²) in [7, 11) is 0. The summed E-state index contributed by atoms with van der Waals surface area (Å²) in [5.74, 6) is -0.523. The van der Waals surface area contributed by atoms with Crippen LogP contribution in [0.15, 0.2) is 16.7 Å². The minimum Gasteiger partial charge on any atom is -0.461 e. The Hall–Kier alpha value is -1.41. The molecule has 4 nitrogen and oxygen atoms in total. The van der Waals surface area contributed by atoms with Crippen molar-refractivity contribution in [2.45, 2.75) is 6.92 Å². The molecule has 0 spiro atoms. The molecule has 0 atom stereocenters. The van der Waals surface area contributed by atoms with Crippen molar-refractivity contribution in [2.24, 2.45) is 0 Å². The summed E-state index contributed by atoms with van der Waals surface area (Å²) in [6, 6.07) is 4.85. The fourth-order valence-electron chi connectivity index (χ4n) is 0.871. The lowest BCUT2D eigenvalue weighted by atomic mass is 10.2.